The van der Waals surface area contributed by atoms with E-state index >= 15 is 0 Å². The molecule has 0 aromatic heterocycles. The van der Waals surface area contributed by atoms with Crippen molar-refractivity contribution in [3.8, 4) is 0 Å². The lowest BCUT2D eigenvalue weighted by atomic mass is 9.89. The van der Waals surface area contributed by atoms with E-state index in [0.717, 1.165) is 31.0 Å². The Bertz CT molecular complexity index is 261. The van der Waals surface area contributed by atoms with E-state index in [2.05, 4.69) is 32.9 Å². The van der Waals surface area contributed by atoms with Crippen LogP contribution >= 0.6 is 0 Å². The molecule has 2 nitrogen and oxygen atoms in total. The lowest BCUT2D eigenvalue weighted by Gasteiger charge is -2.32. The van der Waals surface area contributed by atoms with E-state index in [9.17, 15) is 0 Å². The zero-order valence-electron chi connectivity index (χ0n) is 11.4. The molecule has 4 atom stereocenters. The van der Waals surface area contributed by atoms with Gasteiger partial charge in [-0.25, -0.2) is 0 Å². The van der Waals surface area contributed by atoms with Gasteiger partial charge in [0.15, 0.2) is 0 Å². The van der Waals surface area contributed by atoms with Crippen LogP contribution in [0, 0.1) is 17.8 Å². The predicted octanol–water partition coefficient (Wildman–Crippen LogP) is 3.27. The fourth-order valence-electron chi connectivity index (χ4n) is 3.64. The first-order chi connectivity index (χ1) is 8.30. The minimum atomic E-state index is -1.47. The smallest absolute Gasteiger partial charge is 0.324 e. The van der Waals surface area contributed by atoms with E-state index in [-0.39, 0.29) is 0 Å². The maximum Gasteiger partial charge on any atom is 0.324 e. The van der Waals surface area contributed by atoms with Crippen molar-refractivity contribution in [1.82, 2.24) is 0 Å². The first kappa shape index (κ1) is 13.3. The molecule has 0 N–H and O–H groups in total. The SMILES string of the molecule is CCO[SiH](OCC)C(CC)C1CC2C=CC1C2. The van der Waals surface area contributed by atoms with Crippen molar-refractivity contribution in [3.05, 3.63) is 12.2 Å². The number of hydrogen-bond acceptors (Lipinski definition) is 2. The fourth-order valence-corrected chi connectivity index (χ4v) is 6.12. The zero-order chi connectivity index (χ0) is 12.3. The molecule has 0 amide bonds. The second kappa shape index (κ2) is 6.16. The third-order valence-electron chi connectivity index (χ3n) is 4.36. The van der Waals surface area contributed by atoms with Crippen molar-refractivity contribution in [3.63, 3.8) is 0 Å². The summed E-state index contributed by atoms with van der Waals surface area (Å²) in [5, 5.41) is 0. The van der Waals surface area contributed by atoms with Gasteiger partial charge in [-0.05, 0) is 44.4 Å². The first-order valence-electron chi connectivity index (χ1n) is 7.21. The molecule has 2 aliphatic rings. The molecular weight excluding hydrogens is 228 g/mol. The fraction of sp³-hybridized carbons (Fsp3) is 0.857. The monoisotopic (exact) mass is 254 g/mol. The number of allylic oxidation sites excluding steroid dienone is 2. The maximum absolute atomic E-state index is 5.95. The van der Waals surface area contributed by atoms with Crippen molar-refractivity contribution >= 4 is 9.28 Å². The molecule has 17 heavy (non-hydrogen) atoms. The summed E-state index contributed by atoms with van der Waals surface area (Å²) in [5.41, 5.74) is 0.704. The average molecular weight is 254 g/mol. The van der Waals surface area contributed by atoms with Crippen molar-refractivity contribution in [2.75, 3.05) is 13.2 Å². The molecule has 2 bridgehead atoms. The van der Waals surface area contributed by atoms with Gasteiger partial charge in [0.1, 0.15) is 0 Å². The summed E-state index contributed by atoms with van der Waals surface area (Å²) in [6.45, 7) is 8.10. The van der Waals surface area contributed by atoms with Gasteiger partial charge in [0.05, 0.1) is 0 Å². The van der Waals surface area contributed by atoms with Gasteiger partial charge in [-0.15, -0.1) is 0 Å². The van der Waals surface area contributed by atoms with Gasteiger partial charge in [0.2, 0.25) is 0 Å². The largest absolute Gasteiger partial charge is 0.397 e. The molecule has 0 saturated heterocycles. The molecule has 1 saturated carbocycles. The molecule has 1 fully saturated rings. The van der Waals surface area contributed by atoms with E-state index in [1.54, 1.807) is 0 Å². The summed E-state index contributed by atoms with van der Waals surface area (Å²) in [4.78, 5) is 0. The maximum atomic E-state index is 5.95. The van der Waals surface area contributed by atoms with Crippen LogP contribution < -0.4 is 0 Å². The summed E-state index contributed by atoms with van der Waals surface area (Å²) < 4.78 is 11.9. The van der Waals surface area contributed by atoms with Gasteiger partial charge >= 0.3 is 9.28 Å². The van der Waals surface area contributed by atoms with Crippen molar-refractivity contribution in [1.29, 1.82) is 0 Å². The van der Waals surface area contributed by atoms with E-state index in [1.165, 1.54) is 19.3 Å². The summed E-state index contributed by atoms with van der Waals surface area (Å²) in [6, 6.07) is 0. The number of fused-ring (bicyclic) bond motifs is 2. The molecule has 98 valence electrons. The zero-order valence-corrected chi connectivity index (χ0v) is 12.5. The minimum Gasteiger partial charge on any atom is -0.397 e. The van der Waals surface area contributed by atoms with E-state index in [1.807, 2.05) is 0 Å². The third kappa shape index (κ3) is 2.83. The molecule has 3 heteroatoms. The van der Waals surface area contributed by atoms with E-state index in [4.69, 9.17) is 8.85 Å². The summed E-state index contributed by atoms with van der Waals surface area (Å²) >= 11 is 0. The van der Waals surface area contributed by atoms with Crippen LogP contribution in [0.3, 0.4) is 0 Å². The van der Waals surface area contributed by atoms with Gasteiger partial charge in [-0.1, -0.05) is 25.5 Å². The average Bonchev–Trinajstić information content (AvgIpc) is 2.93. The molecule has 2 aliphatic carbocycles. The Morgan fingerprint density at radius 2 is 1.82 bits per heavy atom. The normalized spacial score (nSPS) is 32.6. The van der Waals surface area contributed by atoms with Gasteiger partial charge in [-0.3, -0.25) is 0 Å². The Balaban J connectivity index is 2.01. The van der Waals surface area contributed by atoms with Gasteiger partial charge < -0.3 is 8.85 Å². The Labute approximate surface area is 107 Å². The Morgan fingerprint density at radius 3 is 2.24 bits per heavy atom. The van der Waals surface area contributed by atoms with Crippen LogP contribution in [-0.2, 0) is 8.85 Å². The second-order valence-corrected chi connectivity index (χ2v) is 7.56. The Kier molecular flexibility index (Phi) is 4.83. The molecule has 0 aliphatic heterocycles. The van der Waals surface area contributed by atoms with Crippen LogP contribution in [0.2, 0.25) is 5.54 Å². The van der Waals surface area contributed by atoms with E-state index < -0.39 is 9.28 Å². The molecule has 0 spiro atoms. The van der Waals surface area contributed by atoms with Crippen LogP contribution in [-0.4, -0.2) is 22.5 Å². The quantitative estimate of drug-likeness (QED) is 0.513. The van der Waals surface area contributed by atoms with E-state index in [0.29, 0.717) is 5.54 Å². The van der Waals surface area contributed by atoms with Crippen LogP contribution in [0.1, 0.15) is 40.0 Å². The highest BCUT2D eigenvalue weighted by molar-refractivity contribution is 6.46. The summed E-state index contributed by atoms with van der Waals surface area (Å²) in [5.74, 6) is 2.52. The molecule has 4 unspecified atom stereocenters. The van der Waals surface area contributed by atoms with Crippen LogP contribution in [0.25, 0.3) is 0 Å². The van der Waals surface area contributed by atoms with Crippen molar-refractivity contribution in [2.24, 2.45) is 17.8 Å². The highest BCUT2D eigenvalue weighted by Gasteiger charge is 2.43. The highest BCUT2D eigenvalue weighted by Crippen LogP contribution is 2.50. The minimum absolute atomic E-state index is 0.704. The molecule has 0 aromatic rings. The summed E-state index contributed by atoms with van der Waals surface area (Å²) in [7, 11) is -1.47. The standard InChI is InChI=1S/C14H26O2Si/c1-4-14(17(15-5-2)16-6-3)13-10-11-7-8-12(13)9-11/h7-8,11-14,17H,4-6,9-10H2,1-3H3. The third-order valence-corrected chi connectivity index (χ3v) is 7.35. The topological polar surface area (TPSA) is 18.5 Å². The first-order valence-corrected chi connectivity index (χ1v) is 8.82. The lowest BCUT2D eigenvalue weighted by Crippen LogP contribution is -2.34. The van der Waals surface area contributed by atoms with Crippen molar-refractivity contribution < 1.29 is 8.85 Å². The molecule has 0 radical (unpaired) electrons. The van der Waals surface area contributed by atoms with Crippen LogP contribution in [0.15, 0.2) is 12.2 Å². The highest BCUT2D eigenvalue weighted by atomic mass is 28.3. The number of rotatable bonds is 7. The lowest BCUT2D eigenvalue weighted by molar-refractivity contribution is 0.187. The molecule has 0 heterocycles. The van der Waals surface area contributed by atoms with Crippen LogP contribution in [0.5, 0.6) is 0 Å². The van der Waals surface area contributed by atoms with Crippen molar-refractivity contribution in [2.45, 2.75) is 45.6 Å². The van der Waals surface area contributed by atoms with Gasteiger partial charge in [-0.2, -0.15) is 0 Å². The molecule has 2 rings (SSSR count). The van der Waals surface area contributed by atoms with Crippen LogP contribution in [0.4, 0.5) is 0 Å². The summed E-state index contributed by atoms with van der Waals surface area (Å²) in [6.07, 6.45) is 8.86. The van der Waals surface area contributed by atoms with Gasteiger partial charge in [0.25, 0.3) is 0 Å². The molecular formula is C14H26O2Si. The predicted molar refractivity (Wildman–Crippen MR) is 73.3 cm³/mol. The molecule has 0 aromatic carbocycles. The number of hydrogen-bond donors (Lipinski definition) is 0. The Morgan fingerprint density at radius 1 is 1.12 bits per heavy atom. The second-order valence-electron chi connectivity index (χ2n) is 5.30. The van der Waals surface area contributed by atoms with Gasteiger partial charge in [0, 0.05) is 18.8 Å². The Hall–Kier alpha value is -0.123.